The minimum atomic E-state index is -0.141. The first-order valence-electron chi connectivity index (χ1n) is 6.41. The Kier molecular flexibility index (Phi) is 4.60. The number of hydrogen-bond donors (Lipinski definition) is 1. The highest BCUT2D eigenvalue weighted by Gasteiger charge is 1.99. The van der Waals surface area contributed by atoms with Gasteiger partial charge in [0.2, 0.25) is 5.91 Å². The number of furan rings is 1. The molecule has 1 amide bonds. The molecule has 4 heteroatoms. The molecule has 1 aromatic carbocycles. The quantitative estimate of drug-likeness (QED) is 0.850. The van der Waals surface area contributed by atoms with Crippen LogP contribution in [0.2, 0.25) is 0 Å². The topological polar surface area (TPSA) is 45.5 Å². The average Bonchev–Trinajstić information content (AvgIpc) is 2.96. The highest BCUT2D eigenvalue weighted by Crippen LogP contribution is 2.11. The SMILES string of the molecule is CN(C)c1ccc(CNC(=O)/C=C/c2ccco2)cc1. The number of nitrogens with one attached hydrogen (secondary N) is 1. The molecule has 104 valence electrons. The number of benzene rings is 1. The summed E-state index contributed by atoms with van der Waals surface area (Å²) >= 11 is 0. The molecule has 2 aromatic rings. The van der Waals surface area contributed by atoms with Crippen molar-refractivity contribution in [1.82, 2.24) is 5.32 Å². The van der Waals surface area contributed by atoms with Gasteiger partial charge in [-0.1, -0.05) is 12.1 Å². The van der Waals surface area contributed by atoms with Gasteiger partial charge in [0, 0.05) is 32.4 Å². The molecular formula is C16H18N2O2. The molecule has 0 fully saturated rings. The smallest absolute Gasteiger partial charge is 0.244 e. The van der Waals surface area contributed by atoms with E-state index in [2.05, 4.69) is 5.32 Å². The van der Waals surface area contributed by atoms with Crippen molar-refractivity contribution in [2.75, 3.05) is 19.0 Å². The van der Waals surface area contributed by atoms with Gasteiger partial charge in [-0.2, -0.15) is 0 Å². The summed E-state index contributed by atoms with van der Waals surface area (Å²) in [6, 6.07) is 11.6. The Bertz CT molecular complexity index is 569. The van der Waals surface area contributed by atoms with Crippen molar-refractivity contribution in [2.45, 2.75) is 6.54 Å². The van der Waals surface area contributed by atoms with Crippen LogP contribution >= 0.6 is 0 Å². The zero-order chi connectivity index (χ0) is 14.4. The Hall–Kier alpha value is -2.49. The predicted molar refractivity (Wildman–Crippen MR) is 80.4 cm³/mol. The molecule has 0 radical (unpaired) electrons. The molecule has 1 N–H and O–H groups in total. The van der Waals surface area contributed by atoms with Crippen LogP contribution in [0.3, 0.4) is 0 Å². The number of amides is 1. The first-order valence-corrected chi connectivity index (χ1v) is 6.41. The molecule has 4 nitrogen and oxygen atoms in total. The van der Waals surface area contributed by atoms with E-state index in [0.29, 0.717) is 12.3 Å². The van der Waals surface area contributed by atoms with Gasteiger partial charge in [0.05, 0.1) is 6.26 Å². The van der Waals surface area contributed by atoms with Gasteiger partial charge in [0.15, 0.2) is 0 Å². The summed E-state index contributed by atoms with van der Waals surface area (Å²) in [5.74, 6) is 0.522. The summed E-state index contributed by atoms with van der Waals surface area (Å²) in [6.45, 7) is 0.509. The maximum Gasteiger partial charge on any atom is 0.244 e. The number of hydrogen-bond acceptors (Lipinski definition) is 3. The molecule has 0 aliphatic heterocycles. The summed E-state index contributed by atoms with van der Waals surface area (Å²) in [4.78, 5) is 13.7. The van der Waals surface area contributed by atoms with Gasteiger partial charge in [0.25, 0.3) is 0 Å². The van der Waals surface area contributed by atoms with Crippen LogP contribution in [0.25, 0.3) is 6.08 Å². The zero-order valence-corrected chi connectivity index (χ0v) is 11.7. The lowest BCUT2D eigenvalue weighted by Gasteiger charge is -2.12. The molecule has 0 atom stereocenters. The van der Waals surface area contributed by atoms with Crippen LogP contribution in [0, 0.1) is 0 Å². The largest absolute Gasteiger partial charge is 0.465 e. The molecule has 20 heavy (non-hydrogen) atoms. The van der Waals surface area contributed by atoms with Gasteiger partial charge in [-0.15, -0.1) is 0 Å². The second kappa shape index (κ2) is 6.61. The second-order valence-electron chi connectivity index (χ2n) is 4.63. The summed E-state index contributed by atoms with van der Waals surface area (Å²) in [5, 5.41) is 2.83. The van der Waals surface area contributed by atoms with E-state index in [1.165, 1.54) is 6.08 Å². The maximum absolute atomic E-state index is 11.6. The normalized spacial score (nSPS) is 10.7. The van der Waals surface area contributed by atoms with Crippen LogP contribution < -0.4 is 10.2 Å². The van der Waals surface area contributed by atoms with Gasteiger partial charge in [0.1, 0.15) is 5.76 Å². The van der Waals surface area contributed by atoms with E-state index in [4.69, 9.17) is 4.42 Å². The van der Waals surface area contributed by atoms with Crippen LogP contribution in [0.5, 0.6) is 0 Å². The highest BCUT2D eigenvalue weighted by atomic mass is 16.3. The predicted octanol–water partition coefficient (Wildman–Crippen LogP) is 2.68. The Labute approximate surface area is 118 Å². The third-order valence-electron chi connectivity index (χ3n) is 2.86. The summed E-state index contributed by atoms with van der Waals surface area (Å²) in [6.07, 6.45) is 4.68. The van der Waals surface area contributed by atoms with Crippen molar-refractivity contribution in [2.24, 2.45) is 0 Å². The van der Waals surface area contributed by atoms with Crippen molar-refractivity contribution < 1.29 is 9.21 Å². The van der Waals surface area contributed by atoms with Crippen molar-refractivity contribution >= 4 is 17.7 Å². The van der Waals surface area contributed by atoms with Gasteiger partial charge in [-0.3, -0.25) is 4.79 Å². The first kappa shape index (κ1) is 13.9. The molecule has 0 aliphatic rings. The number of nitrogens with zero attached hydrogens (tertiary/aromatic N) is 1. The minimum absolute atomic E-state index is 0.141. The highest BCUT2D eigenvalue weighted by molar-refractivity contribution is 5.91. The minimum Gasteiger partial charge on any atom is -0.465 e. The van der Waals surface area contributed by atoms with E-state index in [9.17, 15) is 4.79 Å². The van der Waals surface area contributed by atoms with Crippen LogP contribution in [0.4, 0.5) is 5.69 Å². The molecule has 0 saturated carbocycles. The van der Waals surface area contributed by atoms with Crippen LogP contribution in [-0.2, 0) is 11.3 Å². The number of rotatable bonds is 5. The van der Waals surface area contributed by atoms with Gasteiger partial charge in [-0.05, 0) is 35.9 Å². The lowest BCUT2D eigenvalue weighted by atomic mass is 10.2. The zero-order valence-electron chi connectivity index (χ0n) is 11.7. The van der Waals surface area contributed by atoms with E-state index in [1.54, 1.807) is 24.5 Å². The average molecular weight is 270 g/mol. The molecule has 0 saturated heterocycles. The monoisotopic (exact) mass is 270 g/mol. The third kappa shape index (κ3) is 4.02. The lowest BCUT2D eigenvalue weighted by molar-refractivity contribution is -0.116. The molecule has 1 heterocycles. The Morgan fingerprint density at radius 3 is 2.60 bits per heavy atom. The fraction of sp³-hybridized carbons (Fsp3) is 0.188. The Morgan fingerprint density at radius 2 is 2.00 bits per heavy atom. The Balaban J connectivity index is 1.84. The van der Waals surface area contributed by atoms with Crippen molar-refractivity contribution in [3.05, 3.63) is 60.1 Å². The number of carbonyl (C=O) groups is 1. The van der Waals surface area contributed by atoms with E-state index in [-0.39, 0.29) is 5.91 Å². The summed E-state index contributed by atoms with van der Waals surface area (Å²) in [5.41, 5.74) is 2.20. The fourth-order valence-corrected chi connectivity index (χ4v) is 1.70. The molecule has 0 bridgehead atoms. The molecule has 0 spiro atoms. The van der Waals surface area contributed by atoms with Crippen LogP contribution in [-0.4, -0.2) is 20.0 Å². The molecular weight excluding hydrogens is 252 g/mol. The van der Waals surface area contributed by atoms with Crippen LogP contribution in [0.1, 0.15) is 11.3 Å². The number of carbonyl (C=O) groups excluding carboxylic acids is 1. The third-order valence-corrected chi connectivity index (χ3v) is 2.86. The first-order chi connectivity index (χ1) is 9.65. The molecule has 1 aromatic heterocycles. The van der Waals surface area contributed by atoms with Gasteiger partial charge >= 0.3 is 0 Å². The van der Waals surface area contributed by atoms with E-state index in [0.717, 1.165) is 11.3 Å². The standard InChI is InChI=1S/C16H18N2O2/c1-18(2)14-7-5-13(6-8-14)12-17-16(19)10-9-15-4-3-11-20-15/h3-11H,12H2,1-2H3,(H,17,19)/b10-9+. The molecule has 0 aliphatic carbocycles. The second-order valence-corrected chi connectivity index (χ2v) is 4.63. The summed E-state index contributed by atoms with van der Waals surface area (Å²) < 4.78 is 5.11. The van der Waals surface area contributed by atoms with E-state index in [1.807, 2.05) is 43.3 Å². The van der Waals surface area contributed by atoms with Crippen LogP contribution in [0.15, 0.2) is 53.2 Å². The lowest BCUT2D eigenvalue weighted by Crippen LogP contribution is -2.20. The van der Waals surface area contributed by atoms with Crippen molar-refractivity contribution in [1.29, 1.82) is 0 Å². The Morgan fingerprint density at radius 1 is 1.25 bits per heavy atom. The maximum atomic E-state index is 11.6. The van der Waals surface area contributed by atoms with Gasteiger partial charge < -0.3 is 14.6 Å². The number of anilines is 1. The van der Waals surface area contributed by atoms with Gasteiger partial charge in [-0.25, -0.2) is 0 Å². The molecule has 2 rings (SSSR count). The fourth-order valence-electron chi connectivity index (χ4n) is 1.70. The molecule has 0 unspecified atom stereocenters. The van der Waals surface area contributed by atoms with Crippen molar-refractivity contribution in [3.8, 4) is 0 Å². The van der Waals surface area contributed by atoms with E-state index < -0.39 is 0 Å². The van der Waals surface area contributed by atoms with E-state index >= 15 is 0 Å². The summed E-state index contributed by atoms with van der Waals surface area (Å²) in [7, 11) is 3.99. The van der Waals surface area contributed by atoms with Crippen molar-refractivity contribution in [3.63, 3.8) is 0 Å².